The molecule has 0 bridgehead atoms. The van der Waals surface area contributed by atoms with Crippen LogP contribution in [-0.2, 0) is 0 Å². The molecule has 3 N–H and O–H groups in total. The van der Waals surface area contributed by atoms with Crippen molar-refractivity contribution in [3.63, 3.8) is 0 Å². The van der Waals surface area contributed by atoms with Crippen molar-refractivity contribution < 1.29 is 14.6 Å². The van der Waals surface area contributed by atoms with Gasteiger partial charge in [0.25, 0.3) is 0 Å². The van der Waals surface area contributed by atoms with Crippen LogP contribution in [0.15, 0.2) is 23.2 Å². The molecule has 1 saturated carbocycles. The fourth-order valence-electron chi connectivity index (χ4n) is 2.80. The SMILES string of the molecule is CCNC(=NCC1CCCC1O)Nc1ccc(OC)c(OC)c1. The molecule has 0 heterocycles. The van der Waals surface area contributed by atoms with Crippen LogP contribution < -0.4 is 20.1 Å². The number of rotatable bonds is 6. The van der Waals surface area contributed by atoms with Gasteiger partial charge in [0.1, 0.15) is 0 Å². The number of nitrogens with one attached hydrogen (secondary N) is 2. The second-order valence-corrected chi connectivity index (χ2v) is 5.67. The van der Waals surface area contributed by atoms with Crippen molar-refractivity contribution in [2.24, 2.45) is 10.9 Å². The van der Waals surface area contributed by atoms with Crippen LogP contribution in [0.4, 0.5) is 5.69 Å². The number of nitrogens with zero attached hydrogens (tertiary/aromatic N) is 1. The standard InChI is InChI=1S/C17H27N3O3/c1-4-18-17(19-11-12-6-5-7-14(12)21)20-13-8-9-15(22-2)16(10-13)23-3/h8-10,12,14,21H,4-7,11H2,1-3H3,(H2,18,19,20). The highest BCUT2D eigenvalue weighted by Gasteiger charge is 2.24. The van der Waals surface area contributed by atoms with Gasteiger partial charge in [-0.2, -0.15) is 0 Å². The molecular formula is C17H27N3O3. The lowest BCUT2D eigenvalue weighted by Gasteiger charge is -2.16. The van der Waals surface area contributed by atoms with Gasteiger partial charge < -0.3 is 25.2 Å². The van der Waals surface area contributed by atoms with Gasteiger partial charge in [-0.15, -0.1) is 0 Å². The molecule has 0 aliphatic heterocycles. The lowest BCUT2D eigenvalue weighted by atomic mass is 10.1. The Morgan fingerprint density at radius 2 is 2.04 bits per heavy atom. The monoisotopic (exact) mass is 321 g/mol. The molecule has 0 saturated heterocycles. The van der Waals surface area contributed by atoms with Gasteiger partial charge in [0.15, 0.2) is 17.5 Å². The van der Waals surface area contributed by atoms with E-state index < -0.39 is 0 Å². The molecule has 0 radical (unpaired) electrons. The lowest BCUT2D eigenvalue weighted by molar-refractivity contribution is 0.137. The number of aliphatic hydroxyl groups excluding tert-OH is 1. The summed E-state index contributed by atoms with van der Waals surface area (Å²) < 4.78 is 10.6. The van der Waals surface area contributed by atoms with Crippen LogP contribution in [0.1, 0.15) is 26.2 Å². The zero-order chi connectivity index (χ0) is 16.7. The minimum atomic E-state index is -0.220. The molecule has 1 aliphatic rings. The van der Waals surface area contributed by atoms with E-state index in [1.807, 2.05) is 25.1 Å². The zero-order valence-electron chi connectivity index (χ0n) is 14.1. The smallest absolute Gasteiger partial charge is 0.195 e. The molecule has 2 atom stereocenters. The Kier molecular flexibility index (Phi) is 6.52. The molecule has 6 nitrogen and oxygen atoms in total. The summed E-state index contributed by atoms with van der Waals surface area (Å²) in [6.45, 7) is 3.42. The van der Waals surface area contributed by atoms with Gasteiger partial charge in [0, 0.05) is 30.8 Å². The van der Waals surface area contributed by atoms with E-state index in [1.54, 1.807) is 14.2 Å². The van der Waals surface area contributed by atoms with E-state index in [9.17, 15) is 5.11 Å². The molecule has 6 heteroatoms. The molecule has 128 valence electrons. The maximum atomic E-state index is 9.91. The molecule has 1 aliphatic carbocycles. The highest BCUT2D eigenvalue weighted by atomic mass is 16.5. The third kappa shape index (κ3) is 4.76. The Morgan fingerprint density at radius 1 is 1.26 bits per heavy atom. The molecule has 1 aromatic carbocycles. The third-order valence-electron chi connectivity index (χ3n) is 4.09. The molecule has 0 amide bonds. The van der Waals surface area contributed by atoms with Gasteiger partial charge in [0.2, 0.25) is 0 Å². The molecule has 1 fully saturated rings. The number of aliphatic hydroxyl groups is 1. The fourth-order valence-corrected chi connectivity index (χ4v) is 2.80. The summed E-state index contributed by atoms with van der Waals surface area (Å²) in [5, 5.41) is 16.4. The molecule has 2 rings (SSSR count). The largest absolute Gasteiger partial charge is 0.493 e. The highest BCUT2D eigenvalue weighted by Crippen LogP contribution is 2.30. The van der Waals surface area contributed by atoms with Crippen LogP contribution in [-0.4, -0.2) is 44.5 Å². The average molecular weight is 321 g/mol. The Labute approximate surface area is 137 Å². The normalized spacial score (nSPS) is 21.1. The van der Waals surface area contributed by atoms with Gasteiger partial charge in [-0.05, 0) is 31.9 Å². The van der Waals surface area contributed by atoms with Crippen LogP contribution in [0.2, 0.25) is 0 Å². The van der Waals surface area contributed by atoms with Crippen molar-refractivity contribution in [1.82, 2.24) is 5.32 Å². The van der Waals surface area contributed by atoms with E-state index in [1.165, 1.54) is 0 Å². The quantitative estimate of drug-likeness (QED) is 0.553. The van der Waals surface area contributed by atoms with E-state index in [2.05, 4.69) is 15.6 Å². The van der Waals surface area contributed by atoms with Crippen molar-refractivity contribution in [1.29, 1.82) is 0 Å². The average Bonchev–Trinajstić information content (AvgIpc) is 2.97. The van der Waals surface area contributed by atoms with Crippen LogP contribution in [0.25, 0.3) is 0 Å². The maximum absolute atomic E-state index is 9.91. The predicted octanol–water partition coefficient (Wildman–Crippen LogP) is 2.24. The first-order valence-electron chi connectivity index (χ1n) is 8.13. The summed E-state index contributed by atoms with van der Waals surface area (Å²) in [6, 6.07) is 5.64. The van der Waals surface area contributed by atoms with E-state index in [0.717, 1.165) is 31.5 Å². The van der Waals surface area contributed by atoms with Crippen molar-refractivity contribution in [2.75, 3.05) is 32.6 Å². The Morgan fingerprint density at radius 3 is 2.65 bits per heavy atom. The topological polar surface area (TPSA) is 75.1 Å². The molecule has 1 aromatic rings. The third-order valence-corrected chi connectivity index (χ3v) is 4.09. The minimum absolute atomic E-state index is 0.220. The first-order valence-corrected chi connectivity index (χ1v) is 8.13. The molecule has 2 unspecified atom stereocenters. The number of guanidine groups is 1. The van der Waals surface area contributed by atoms with Gasteiger partial charge in [-0.1, -0.05) is 6.42 Å². The molecule has 0 spiro atoms. The van der Waals surface area contributed by atoms with Crippen molar-refractivity contribution >= 4 is 11.6 Å². The summed E-state index contributed by atoms with van der Waals surface area (Å²) >= 11 is 0. The van der Waals surface area contributed by atoms with Crippen molar-refractivity contribution in [2.45, 2.75) is 32.3 Å². The molecule has 23 heavy (non-hydrogen) atoms. The summed E-state index contributed by atoms with van der Waals surface area (Å²) in [6.07, 6.45) is 2.80. The molecule has 0 aromatic heterocycles. The van der Waals surface area contributed by atoms with Crippen LogP contribution in [0.3, 0.4) is 0 Å². The fraction of sp³-hybridized carbons (Fsp3) is 0.588. The first kappa shape index (κ1) is 17.4. The van der Waals surface area contributed by atoms with Gasteiger partial charge in [-0.3, -0.25) is 4.99 Å². The number of hydrogen-bond acceptors (Lipinski definition) is 4. The van der Waals surface area contributed by atoms with Gasteiger partial charge in [0.05, 0.1) is 20.3 Å². The number of hydrogen-bond donors (Lipinski definition) is 3. The second kappa shape index (κ2) is 8.62. The Balaban J connectivity index is 2.06. The maximum Gasteiger partial charge on any atom is 0.195 e. The summed E-state index contributed by atoms with van der Waals surface area (Å²) in [7, 11) is 3.23. The van der Waals surface area contributed by atoms with Crippen molar-refractivity contribution in [3.8, 4) is 11.5 Å². The second-order valence-electron chi connectivity index (χ2n) is 5.67. The van der Waals surface area contributed by atoms with Crippen LogP contribution in [0.5, 0.6) is 11.5 Å². The van der Waals surface area contributed by atoms with E-state index >= 15 is 0 Å². The summed E-state index contributed by atoms with van der Waals surface area (Å²) in [5.74, 6) is 2.32. The number of methoxy groups -OCH3 is 2. The number of anilines is 1. The van der Waals surface area contributed by atoms with Crippen LogP contribution >= 0.6 is 0 Å². The highest BCUT2D eigenvalue weighted by molar-refractivity contribution is 5.93. The predicted molar refractivity (Wildman–Crippen MR) is 92.5 cm³/mol. The van der Waals surface area contributed by atoms with Gasteiger partial charge >= 0.3 is 0 Å². The summed E-state index contributed by atoms with van der Waals surface area (Å²) in [5.41, 5.74) is 0.870. The number of ether oxygens (including phenoxy) is 2. The summed E-state index contributed by atoms with van der Waals surface area (Å²) in [4.78, 5) is 4.60. The van der Waals surface area contributed by atoms with E-state index in [0.29, 0.717) is 24.0 Å². The first-order chi connectivity index (χ1) is 11.2. The van der Waals surface area contributed by atoms with Crippen LogP contribution in [0, 0.1) is 5.92 Å². The Hall–Kier alpha value is -1.95. The van der Waals surface area contributed by atoms with E-state index in [4.69, 9.17) is 9.47 Å². The molecular weight excluding hydrogens is 294 g/mol. The Bertz CT molecular complexity index is 534. The number of aliphatic imine (C=N–C) groups is 1. The lowest BCUT2D eigenvalue weighted by Crippen LogP contribution is -2.31. The zero-order valence-corrected chi connectivity index (χ0v) is 14.1. The minimum Gasteiger partial charge on any atom is -0.493 e. The van der Waals surface area contributed by atoms with Crippen molar-refractivity contribution in [3.05, 3.63) is 18.2 Å². The van der Waals surface area contributed by atoms with E-state index in [-0.39, 0.29) is 12.0 Å². The number of benzene rings is 1. The van der Waals surface area contributed by atoms with Gasteiger partial charge in [-0.25, -0.2) is 0 Å².